The summed E-state index contributed by atoms with van der Waals surface area (Å²) in [4.78, 5) is 5.65. The average molecular weight is 306 g/mol. The van der Waals surface area contributed by atoms with Crippen molar-refractivity contribution in [3.05, 3.63) is 40.7 Å². The highest BCUT2D eigenvalue weighted by molar-refractivity contribution is 7.10. The molecule has 1 N–H and O–H groups in total. The van der Waals surface area contributed by atoms with Crippen LogP contribution in [0.4, 0.5) is 5.69 Å². The lowest BCUT2D eigenvalue weighted by atomic mass is 10.0. The smallest absolute Gasteiger partial charge is 0.213 e. The van der Waals surface area contributed by atoms with Crippen molar-refractivity contribution in [3.8, 4) is 5.88 Å². The number of nitrogens with zero attached hydrogens (tertiary/aromatic N) is 1. The van der Waals surface area contributed by atoms with E-state index in [0.29, 0.717) is 31.1 Å². The topological polar surface area (TPSA) is 43.4 Å². The Labute approximate surface area is 130 Å². The second kappa shape index (κ2) is 8.00. The summed E-state index contributed by atoms with van der Waals surface area (Å²) in [5.74, 6) is 1.12. The normalized spacial score (nSPS) is 12.4. The van der Waals surface area contributed by atoms with Crippen LogP contribution in [0.15, 0.2) is 35.8 Å². The first-order chi connectivity index (χ1) is 10.2. The van der Waals surface area contributed by atoms with Crippen molar-refractivity contribution < 1.29 is 9.47 Å². The molecule has 0 amide bonds. The number of ether oxygens (including phenoxy) is 2. The lowest BCUT2D eigenvalue weighted by Gasteiger charge is -2.22. The molecule has 2 aromatic heterocycles. The van der Waals surface area contributed by atoms with Gasteiger partial charge < -0.3 is 14.8 Å². The van der Waals surface area contributed by atoms with Crippen LogP contribution in [-0.2, 0) is 4.74 Å². The van der Waals surface area contributed by atoms with Crippen LogP contribution in [0.1, 0.15) is 24.8 Å². The number of pyridine rings is 1. The molecule has 5 heteroatoms. The molecule has 4 nitrogen and oxygen atoms in total. The highest BCUT2D eigenvalue weighted by Crippen LogP contribution is 2.29. The first-order valence-corrected chi connectivity index (χ1v) is 7.96. The molecule has 0 saturated heterocycles. The molecule has 0 bridgehead atoms. The molecule has 0 aliphatic carbocycles. The summed E-state index contributed by atoms with van der Waals surface area (Å²) in [5, 5.41) is 5.65. The van der Waals surface area contributed by atoms with Crippen LogP contribution >= 0.6 is 11.3 Å². The third-order valence-corrected chi connectivity index (χ3v) is 4.07. The zero-order valence-electron chi connectivity index (χ0n) is 12.7. The van der Waals surface area contributed by atoms with E-state index in [2.05, 4.69) is 41.7 Å². The monoisotopic (exact) mass is 306 g/mol. The largest absolute Gasteiger partial charge is 0.475 e. The van der Waals surface area contributed by atoms with Gasteiger partial charge in [-0.05, 0) is 23.4 Å². The number of hydrogen-bond donors (Lipinski definition) is 1. The second-order valence-corrected chi connectivity index (χ2v) is 6.09. The third kappa shape index (κ3) is 4.72. The maximum Gasteiger partial charge on any atom is 0.213 e. The molecule has 1 atom stereocenters. The zero-order chi connectivity index (χ0) is 15.1. The van der Waals surface area contributed by atoms with E-state index in [4.69, 9.17) is 9.47 Å². The summed E-state index contributed by atoms with van der Waals surface area (Å²) in [5.41, 5.74) is 1.00. The number of anilines is 1. The molecule has 0 aromatic carbocycles. The summed E-state index contributed by atoms with van der Waals surface area (Å²) in [6.45, 7) is 5.51. The maximum atomic E-state index is 5.46. The minimum Gasteiger partial charge on any atom is -0.475 e. The van der Waals surface area contributed by atoms with Gasteiger partial charge in [0.1, 0.15) is 6.61 Å². The first kappa shape index (κ1) is 15.8. The number of nitrogens with one attached hydrogen (secondary N) is 1. The predicted octanol–water partition coefficient (Wildman–Crippen LogP) is 3.98. The molecule has 0 aliphatic rings. The van der Waals surface area contributed by atoms with Crippen molar-refractivity contribution in [1.82, 2.24) is 4.98 Å². The van der Waals surface area contributed by atoms with Crippen molar-refractivity contribution in [2.45, 2.75) is 19.9 Å². The van der Waals surface area contributed by atoms with Gasteiger partial charge in [-0.25, -0.2) is 4.98 Å². The number of aromatic nitrogens is 1. The molecule has 0 saturated carbocycles. The van der Waals surface area contributed by atoms with Crippen LogP contribution in [0.25, 0.3) is 0 Å². The molecule has 0 spiro atoms. The molecule has 2 heterocycles. The Bertz CT molecular complexity index is 512. The first-order valence-electron chi connectivity index (χ1n) is 7.08. The summed E-state index contributed by atoms with van der Waals surface area (Å²) in [7, 11) is 1.65. The van der Waals surface area contributed by atoms with Gasteiger partial charge in [-0.2, -0.15) is 0 Å². The SMILES string of the molecule is COCCOc1ccc(NC(c2cccs2)C(C)C)cn1. The highest BCUT2D eigenvalue weighted by Gasteiger charge is 2.16. The van der Waals surface area contributed by atoms with Crippen LogP contribution < -0.4 is 10.1 Å². The van der Waals surface area contributed by atoms with Gasteiger partial charge >= 0.3 is 0 Å². The predicted molar refractivity (Wildman–Crippen MR) is 87.1 cm³/mol. The lowest BCUT2D eigenvalue weighted by molar-refractivity contribution is 0.144. The van der Waals surface area contributed by atoms with Gasteiger partial charge in [0.2, 0.25) is 5.88 Å². The molecular weight excluding hydrogens is 284 g/mol. The molecule has 114 valence electrons. The Morgan fingerprint density at radius 3 is 2.67 bits per heavy atom. The molecular formula is C16H22N2O2S. The second-order valence-electron chi connectivity index (χ2n) is 5.11. The van der Waals surface area contributed by atoms with Crippen molar-refractivity contribution >= 4 is 17.0 Å². The third-order valence-electron chi connectivity index (χ3n) is 3.11. The van der Waals surface area contributed by atoms with E-state index in [9.17, 15) is 0 Å². The minimum absolute atomic E-state index is 0.298. The van der Waals surface area contributed by atoms with Crippen LogP contribution in [0.5, 0.6) is 5.88 Å². The number of thiophene rings is 1. The van der Waals surface area contributed by atoms with Gasteiger partial charge in [0.25, 0.3) is 0 Å². The molecule has 1 unspecified atom stereocenters. The van der Waals surface area contributed by atoms with Gasteiger partial charge in [-0.1, -0.05) is 19.9 Å². The van der Waals surface area contributed by atoms with Crippen LogP contribution in [0.3, 0.4) is 0 Å². The number of methoxy groups -OCH3 is 1. The van der Waals surface area contributed by atoms with Gasteiger partial charge in [-0.15, -0.1) is 11.3 Å². The lowest BCUT2D eigenvalue weighted by Crippen LogP contribution is -2.15. The maximum absolute atomic E-state index is 5.46. The average Bonchev–Trinajstić information content (AvgIpc) is 3.00. The molecule has 0 fully saturated rings. The Balaban J connectivity index is 1.98. The molecule has 21 heavy (non-hydrogen) atoms. The van der Waals surface area contributed by atoms with Gasteiger partial charge in [-0.3, -0.25) is 0 Å². The van der Waals surface area contributed by atoms with Crippen LogP contribution in [0, 0.1) is 5.92 Å². The van der Waals surface area contributed by atoms with Crippen molar-refractivity contribution in [3.63, 3.8) is 0 Å². The molecule has 2 rings (SSSR count). The number of hydrogen-bond acceptors (Lipinski definition) is 5. The Morgan fingerprint density at radius 2 is 2.10 bits per heavy atom. The quantitative estimate of drug-likeness (QED) is 0.749. The Hall–Kier alpha value is -1.59. The van der Waals surface area contributed by atoms with Crippen molar-refractivity contribution in [2.75, 3.05) is 25.6 Å². The van der Waals surface area contributed by atoms with Crippen molar-refractivity contribution in [2.24, 2.45) is 5.92 Å². The zero-order valence-corrected chi connectivity index (χ0v) is 13.5. The highest BCUT2D eigenvalue weighted by atomic mass is 32.1. The standard InChI is InChI=1S/C16H22N2O2S/c1-12(2)16(14-5-4-10-21-14)18-13-6-7-15(17-11-13)20-9-8-19-3/h4-7,10-12,16,18H,8-9H2,1-3H3. The molecule has 0 aliphatic heterocycles. The fraction of sp³-hybridized carbons (Fsp3) is 0.438. The van der Waals surface area contributed by atoms with E-state index < -0.39 is 0 Å². The minimum atomic E-state index is 0.298. The van der Waals surface area contributed by atoms with E-state index >= 15 is 0 Å². The van der Waals surface area contributed by atoms with E-state index in [0.717, 1.165) is 5.69 Å². The van der Waals surface area contributed by atoms with Crippen LogP contribution in [0.2, 0.25) is 0 Å². The van der Waals surface area contributed by atoms with Gasteiger partial charge in [0.15, 0.2) is 0 Å². The fourth-order valence-corrected chi connectivity index (χ4v) is 2.94. The summed E-state index contributed by atoms with van der Waals surface area (Å²) in [6, 6.07) is 8.43. The van der Waals surface area contributed by atoms with E-state index in [1.807, 2.05) is 18.3 Å². The fourth-order valence-electron chi connectivity index (χ4n) is 1.99. The van der Waals surface area contributed by atoms with E-state index in [-0.39, 0.29) is 0 Å². The molecule has 2 aromatic rings. The van der Waals surface area contributed by atoms with E-state index in [1.165, 1.54) is 4.88 Å². The van der Waals surface area contributed by atoms with Crippen molar-refractivity contribution in [1.29, 1.82) is 0 Å². The Morgan fingerprint density at radius 1 is 1.24 bits per heavy atom. The number of rotatable bonds is 8. The van der Waals surface area contributed by atoms with Gasteiger partial charge in [0, 0.05) is 18.1 Å². The van der Waals surface area contributed by atoms with E-state index in [1.54, 1.807) is 18.4 Å². The summed E-state index contributed by atoms with van der Waals surface area (Å²) >= 11 is 1.77. The van der Waals surface area contributed by atoms with Gasteiger partial charge in [0.05, 0.1) is 24.5 Å². The molecule has 0 radical (unpaired) electrons. The van der Waals surface area contributed by atoms with Crippen LogP contribution in [-0.4, -0.2) is 25.3 Å². The summed E-state index contributed by atoms with van der Waals surface area (Å²) < 4.78 is 10.4. The summed E-state index contributed by atoms with van der Waals surface area (Å²) in [6.07, 6.45) is 1.81. The Kier molecular flexibility index (Phi) is 6.02.